The third-order valence-corrected chi connectivity index (χ3v) is 5.14. The van der Waals surface area contributed by atoms with Crippen LogP contribution in [-0.2, 0) is 16.4 Å². The van der Waals surface area contributed by atoms with Gasteiger partial charge in [-0.1, -0.05) is 41.4 Å². The van der Waals surface area contributed by atoms with E-state index in [9.17, 15) is 8.42 Å². The summed E-state index contributed by atoms with van der Waals surface area (Å²) < 4.78 is 26.5. The predicted molar refractivity (Wildman–Crippen MR) is 83.2 cm³/mol. The summed E-state index contributed by atoms with van der Waals surface area (Å²) in [7, 11) is -3.38. The van der Waals surface area contributed by atoms with Gasteiger partial charge in [0.25, 0.3) is 0 Å². The highest BCUT2D eigenvalue weighted by Crippen LogP contribution is 2.17. The van der Waals surface area contributed by atoms with Gasteiger partial charge in [-0.05, 0) is 44.4 Å². The second-order valence-electron chi connectivity index (χ2n) is 5.01. The molecule has 1 rings (SSSR count). The van der Waals surface area contributed by atoms with Crippen molar-refractivity contribution in [2.75, 3.05) is 0 Å². The Kier molecular flexibility index (Phi) is 6.50. The zero-order valence-electron chi connectivity index (χ0n) is 11.7. The summed E-state index contributed by atoms with van der Waals surface area (Å²) in [5, 5.41) is 0. The van der Waals surface area contributed by atoms with Gasteiger partial charge in [0.05, 0.1) is 4.90 Å². The lowest BCUT2D eigenvalue weighted by Gasteiger charge is -2.11. The van der Waals surface area contributed by atoms with Crippen LogP contribution in [0.5, 0.6) is 0 Å². The molecule has 108 valence electrons. The van der Waals surface area contributed by atoms with E-state index in [0.717, 1.165) is 24.8 Å². The Hall–Kier alpha value is -0.390. The van der Waals surface area contributed by atoms with E-state index in [1.807, 2.05) is 26.0 Å². The molecule has 0 radical (unpaired) electrons. The third kappa shape index (κ3) is 5.63. The normalized spacial score (nSPS) is 13.7. The lowest BCUT2D eigenvalue weighted by molar-refractivity contribution is 0.570. The average molecular weight is 348 g/mol. The zero-order valence-corrected chi connectivity index (χ0v) is 14.1. The minimum Gasteiger partial charge on any atom is -0.209 e. The number of hydrogen-bond donors (Lipinski definition) is 1. The van der Waals surface area contributed by atoms with E-state index in [-0.39, 0.29) is 6.04 Å². The number of hydrogen-bond acceptors (Lipinski definition) is 2. The smallest absolute Gasteiger partial charge is 0.209 e. The fraction of sp³-hybridized carbons (Fsp3) is 0.571. The molecule has 3 nitrogen and oxygen atoms in total. The average Bonchev–Trinajstić information content (AvgIpc) is 2.28. The van der Waals surface area contributed by atoms with Gasteiger partial charge in [0.2, 0.25) is 10.0 Å². The molecule has 0 aliphatic heterocycles. The quantitative estimate of drug-likeness (QED) is 0.767. The Morgan fingerprint density at radius 1 is 1.21 bits per heavy atom. The maximum Gasteiger partial charge on any atom is 0.240 e. The first-order valence-electron chi connectivity index (χ1n) is 6.60. The molecule has 0 bridgehead atoms. The van der Waals surface area contributed by atoms with Crippen molar-refractivity contribution in [3.05, 3.63) is 29.8 Å². The van der Waals surface area contributed by atoms with Crippen molar-refractivity contribution in [3.8, 4) is 0 Å². The molecular weight excluding hydrogens is 326 g/mol. The number of rotatable bonds is 7. The van der Waals surface area contributed by atoms with Crippen LogP contribution < -0.4 is 4.72 Å². The van der Waals surface area contributed by atoms with Crippen LogP contribution in [0.15, 0.2) is 29.2 Å². The lowest BCUT2D eigenvalue weighted by atomic mass is 10.1. The minimum absolute atomic E-state index is 0.0962. The molecule has 0 saturated carbocycles. The van der Waals surface area contributed by atoms with Crippen molar-refractivity contribution in [1.82, 2.24) is 4.72 Å². The first-order valence-corrected chi connectivity index (χ1v) is 9.00. The van der Waals surface area contributed by atoms with Crippen molar-refractivity contribution in [2.24, 2.45) is 0 Å². The third-order valence-electron chi connectivity index (χ3n) is 2.68. The molecule has 19 heavy (non-hydrogen) atoms. The van der Waals surface area contributed by atoms with Crippen LogP contribution in [0.1, 0.15) is 39.2 Å². The molecule has 0 spiro atoms. The zero-order chi connectivity index (χ0) is 14.5. The molecule has 1 atom stereocenters. The summed E-state index contributed by atoms with van der Waals surface area (Å²) in [5.74, 6) is 0. The Morgan fingerprint density at radius 3 is 2.26 bits per heavy atom. The van der Waals surface area contributed by atoms with Crippen molar-refractivity contribution >= 4 is 26.0 Å². The van der Waals surface area contributed by atoms with Gasteiger partial charge in [0, 0.05) is 10.9 Å². The topological polar surface area (TPSA) is 46.2 Å². The van der Waals surface area contributed by atoms with Gasteiger partial charge in [-0.3, -0.25) is 0 Å². The van der Waals surface area contributed by atoms with Crippen molar-refractivity contribution in [3.63, 3.8) is 0 Å². The SMILES string of the molecule is CCCC(Br)Cc1ccc(S(=O)(=O)NC(C)C)cc1. The lowest BCUT2D eigenvalue weighted by Crippen LogP contribution is -2.30. The van der Waals surface area contributed by atoms with Gasteiger partial charge < -0.3 is 0 Å². The Labute approximate surface area is 125 Å². The molecule has 0 aromatic heterocycles. The van der Waals surface area contributed by atoms with E-state index in [1.54, 1.807) is 12.1 Å². The van der Waals surface area contributed by atoms with Crippen LogP contribution in [0.25, 0.3) is 0 Å². The largest absolute Gasteiger partial charge is 0.240 e. The molecule has 0 heterocycles. The second-order valence-corrected chi connectivity index (χ2v) is 8.02. The van der Waals surface area contributed by atoms with Gasteiger partial charge in [-0.25, -0.2) is 13.1 Å². The van der Waals surface area contributed by atoms with Crippen LogP contribution in [0, 0.1) is 0 Å². The minimum atomic E-state index is -3.38. The van der Waals surface area contributed by atoms with Crippen LogP contribution in [0.3, 0.4) is 0 Å². The fourth-order valence-electron chi connectivity index (χ4n) is 1.85. The van der Waals surface area contributed by atoms with Crippen LogP contribution >= 0.6 is 15.9 Å². The monoisotopic (exact) mass is 347 g/mol. The molecule has 0 saturated heterocycles. The van der Waals surface area contributed by atoms with Gasteiger partial charge in [0.15, 0.2) is 0 Å². The molecule has 0 amide bonds. The van der Waals surface area contributed by atoms with E-state index in [4.69, 9.17) is 0 Å². The number of sulfonamides is 1. The molecule has 0 fully saturated rings. The molecule has 0 aliphatic carbocycles. The Morgan fingerprint density at radius 2 is 1.79 bits per heavy atom. The van der Waals surface area contributed by atoms with Gasteiger partial charge in [-0.2, -0.15) is 0 Å². The van der Waals surface area contributed by atoms with E-state index >= 15 is 0 Å². The highest BCUT2D eigenvalue weighted by Gasteiger charge is 2.15. The van der Waals surface area contributed by atoms with Crippen LogP contribution in [-0.4, -0.2) is 19.3 Å². The summed E-state index contributed by atoms with van der Waals surface area (Å²) >= 11 is 3.63. The maximum atomic E-state index is 12.0. The molecular formula is C14H22BrNO2S. The van der Waals surface area contributed by atoms with Crippen molar-refractivity contribution in [2.45, 2.75) is 55.8 Å². The van der Waals surface area contributed by atoms with Crippen LogP contribution in [0.4, 0.5) is 0 Å². The second kappa shape index (κ2) is 7.41. The highest BCUT2D eigenvalue weighted by atomic mass is 79.9. The number of alkyl halides is 1. The Balaban J connectivity index is 2.76. The first kappa shape index (κ1) is 16.7. The van der Waals surface area contributed by atoms with E-state index in [2.05, 4.69) is 27.6 Å². The first-order chi connectivity index (χ1) is 8.85. The van der Waals surface area contributed by atoms with E-state index in [0.29, 0.717) is 9.72 Å². The van der Waals surface area contributed by atoms with E-state index in [1.165, 1.54) is 0 Å². The van der Waals surface area contributed by atoms with Gasteiger partial charge >= 0.3 is 0 Å². The van der Waals surface area contributed by atoms with Crippen molar-refractivity contribution < 1.29 is 8.42 Å². The number of nitrogens with one attached hydrogen (secondary N) is 1. The number of halogens is 1. The molecule has 5 heteroatoms. The molecule has 1 unspecified atom stereocenters. The fourth-order valence-corrected chi connectivity index (χ4v) is 3.94. The molecule has 1 N–H and O–H groups in total. The molecule has 1 aromatic rings. The summed E-state index contributed by atoms with van der Waals surface area (Å²) in [6.07, 6.45) is 3.18. The number of benzene rings is 1. The van der Waals surface area contributed by atoms with Crippen molar-refractivity contribution in [1.29, 1.82) is 0 Å². The molecule has 0 aliphatic rings. The highest BCUT2D eigenvalue weighted by molar-refractivity contribution is 9.09. The standard InChI is InChI=1S/C14H22BrNO2S/c1-4-5-13(15)10-12-6-8-14(9-7-12)19(17,18)16-11(2)3/h6-9,11,13,16H,4-5,10H2,1-3H3. The van der Waals surface area contributed by atoms with E-state index < -0.39 is 10.0 Å². The Bertz CT molecular complexity index is 483. The maximum absolute atomic E-state index is 12.0. The summed E-state index contributed by atoms with van der Waals surface area (Å²) in [6.45, 7) is 5.78. The van der Waals surface area contributed by atoms with Crippen LogP contribution in [0.2, 0.25) is 0 Å². The summed E-state index contributed by atoms with van der Waals surface area (Å²) in [6, 6.07) is 7.02. The predicted octanol–water partition coefficient (Wildman–Crippen LogP) is 3.48. The summed E-state index contributed by atoms with van der Waals surface area (Å²) in [5.41, 5.74) is 1.15. The summed E-state index contributed by atoms with van der Waals surface area (Å²) in [4.78, 5) is 0.778. The van der Waals surface area contributed by atoms with Gasteiger partial charge in [-0.15, -0.1) is 0 Å². The molecule has 1 aromatic carbocycles. The van der Waals surface area contributed by atoms with Gasteiger partial charge in [0.1, 0.15) is 0 Å².